The van der Waals surface area contributed by atoms with E-state index < -0.39 is 11.9 Å². The second-order valence-corrected chi connectivity index (χ2v) is 8.66. The summed E-state index contributed by atoms with van der Waals surface area (Å²) in [5.41, 5.74) is 4.28. The Bertz CT molecular complexity index is 1490. The van der Waals surface area contributed by atoms with Gasteiger partial charge in [0.1, 0.15) is 11.8 Å². The molecule has 3 N–H and O–H groups in total. The van der Waals surface area contributed by atoms with E-state index in [1.807, 2.05) is 61.5 Å². The van der Waals surface area contributed by atoms with Crippen LogP contribution in [0.4, 0.5) is 17.2 Å². The Labute approximate surface area is 214 Å². The summed E-state index contributed by atoms with van der Waals surface area (Å²) in [6.45, 7) is 3.72. The number of fused-ring (bicyclic) bond motifs is 1. The van der Waals surface area contributed by atoms with Crippen LogP contribution in [0, 0.1) is 6.92 Å². The number of hydrogen-bond acceptors (Lipinski definition) is 6. The molecule has 0 bridgehead atoms. The van der Waals surface area contributed by atoms with Crippen LogP contribution in [0.15, 0.2) is 90.1 Å². The number of carbonyl (C=O) groups excluding carboxylic acids is 2. The standard InChI is InChI=1S/C28H26N6O3/c1-17-9-7-8-12-22(17)31-28(36)24-26-29-18(2)23(27(35)30-20-13-15-21(37-3)16-14-20)25(34(26)33-32-24)19-10-5-4-6-11-19/h4-16,25,29H,1-3H3,(H,30,35)(H,31,36). The normalized spacial score (nSPS) is 14.4. The maximum atomic E-state index is 13.6. The number of rotatable bonds is 6. The molecule has 1 unspecified atom stereocenters. The lowest BCUT2D eigenvalue weighted by Crippen LogP contribution is -2.32. The van der Waals surface area contributed by atoms with Crippen LogP contribution in [0.3, 0.4) is 0 Å². The van der Waals surface area contributed by atoms with Crippen molar-refractivity contribution in [2.24, 2.45) is 0 Å². The van der Waals surface area contributed by atoms with Gasteiger partial charge in [0.25, 0.3) is 11.8 Å². The van der Waals surface area contributed by atoms with Crippen LogP contribution < -0.4 is 20.7 Å². The number of ether oxygens (including phenoxy) is 1. The lowest BCUT2D eigenvalue weighted by Gasteiger charge is -2.29. The predicted molar refractivity (Wildman–Crippen MR) is 142 cm³/mol. The third kappa shape index (κ3) is 4.66. The predicted octanol–water partition coefficient (Wildman–Crippen LogP) is 4.78. The van der Waals surface area contributed by atoms with Crippen LogP contribution in [0.2, 0.25) is 0 Å². The summed E-state index contributed by atoms with van der Waals surface area (Å²) in [6.07, 6.45) is 0. The van der Waals surface area contributed by atoms with E-state index in [0.29, 0.717) is 34.2 Å². The summed E-state index contributed by atoms with van der Waals surface area (Å²) in [7, 11) is 1.59. The molecule has 3 aromatic carbocycles. The first-order chi connectivity index (χ1) is 18.0. The summed E-state index contributed by atoms with van der Waals surface area (Å²) in [5, 5.41) is 17.6. The van der Waals surface area contributed by atoms with Crippen molar-refractivity contribution in [3.63, 3.8) is 0 Å². The number of allylic oxidation sites excluding steroid dienone is 1. The highest BCUT2D eigenvalue weighted by Gasteiger charge is 2.36. The maximum absolute atomic E-state index is 13.6. The molecule has 1 aliphatic heterocycles. The molecule has 186 valence electrons. The number of nitrogens with zero attached hydrogens (tertiary/aromatic N) is 3. The summed E-state index contributed by atoms with van der Waals surface area (Å²) in [4.78, 5) is 26.7. The van der Waals surface area contributed by atoms with Crippen molar-refractivity contribution < 1.29 is 14.3 Å². The number of carbonyl (C=O) groups is 2. The van der Waals surface area contributed by atoms with Gasteiger partial charge in [-0.2, -0.15) is 0 Å². The van der Waals surface area contributed by atoms with Crippen molar-refractivity contribution >= 4 is 29.0 Å². The van der Waals surface area contributed by atoms with E-state index in [1.165, 1.54) is 0 Å². The number of anilines is 3. The number of para-hydroxylation sites is 1. The van der Waals surface area contributed by atoms with Gasteiger partial charge in [0.05, 0.1) is 12.7 Å². The van der Waals surface area contributed by atoms with Crippen molar-refractivity contribution in [3.8, 4) is 5.75 Å². The molecule has 37 heavy (non-hydrogen) atoms. The molecular weight excluding hydrogens is 468 g/mol. The number of aryl methyl sites for hydroxylation is 1. The minimum Gasteiger partial charge on any atom is -0.497 e. The lowest BCUT2D eigenvalue weighted by atomic mass is 9.94. The van der Waals surface area contributed by atoms with Gasteiger partial charge >= 0.3 is 0 Å². The zero-order valence-corrected chi connectivity index (χ0v) is 20.6. The van der Waals surface area contributed by atoms with E-state index >= 15 is 0 Å². The molecule has 2 amide bonds. The van der Waals surface area contributed by atoms with Crippen molar-refractivity contribution in [2.75, 3.05) is 23.1 Å². The largest absolute Gasteiger partial charge is 0.497 e. The summed E-state index contributed by atoms with van der Waals surface area (Å²) < 4.78 is 6.79. The SMILES string of the molecule is COc1ccc(NC(=O)C2=C(C)Nc3c(C(=O)Nc4ccccc4C)nnn3C2c2ccccc2)cc1. The molecule has 0 saturated carbocycles. The molecule has 2 heterocycles. The van der Waals surface area contributed by atoms with Gasteiger partial charge in [-0.05, 0) is 55.3 Å². The minimum absolute atomic E-state index is 0.137. The van der Waals surface area contributed by atoms with Crippen LogP contribution in [-0.4, -0.2) is 33.9 Å². The van der Waals surface area contributed by atoms with Crippen molar-refractivity contribution in [1.29, 1.82) is 0 Å². The number of methoxy groups -OCH3 is 1. The van der Waals surface area contributed by atoms with Gasteiger partial charge in [-0.25, -0.2) is 4.68 Å². The average molecular weight is 495 g/mol. The Morgan fingerprint density at radius 2 is 1.59 bits per heavy atom. The molecule has 0 spiro atoms. The zero-order valence-electron chi connectivity index (χ0n) is 20.6. The number of amides is 2. The van der Waals surface area contributed by atoms with E-state index in [0.717, 1.165) is 11.1 Å². The maximum Gasteiger partial charge on any atom is 0.280 e. The number of nitrogens with one attached hydrogen (secondary N) is 3. The van der Waals surface area contributed by atoms with Crippen LogP contribution in [0.25, 0.3) is 0 Å². The second-order valence-electron chi connectivity index (χ2n) is 8.66. The Morgan fingerprint density at radius 3 is 2.30 bits per heavy atom. The van der Waals surface area contributed by atoms with Crippen molar-refractivity contribution in [2.45, 2.75) is 19.9 Å². The molecule has 0 fully saturated rings. The molecule has 9 heteroatoms. The second kappa shape index (κ2) is 9.98. The van der Waals surface area contributed by atoms with E-state index in [-0.39, 0.29) is 11.6 Å². The lowest BCUT2D eigenvalue weighted by molar-refractivity contribution is -0.113. The number of hydrogen-bond donors (Lipinski definition) is 3. The van der Waals surface area contributed by atoms with Gasteiger partial charge in [0.15, 0.2) is 11.5 Å². The Morgan fingerprint density at radius 1 is 0.892 bits per heavy atom. The summed E-state index contributed by atoms with van der Waals surface area (Å²) in [5.74, 6) is 0.418. The molecule has 4 aromatic rings. The fourth-order valence-electron chi connectivity index (χ4n) is 4.32. The van der Waals surface area contributed by atoms with E-state index in [9.17, 15) is 9.59 Å². The number of benzene rings is 3. The van der Waals surface area contributed by atoms with E-state index in [4.69, 9.17) is 4.74 Å². The van der Waals surface area contributed by atoms with Gasteiger partial charge < -0.3 is 20.7 Å². The molecule has 0 saturated heterocycles. The zero-order chi connectivity index (χ0) is 25.9. The van der Waals surface area contributed by atoms with E-state index in [2.05, 4.69) is 26.3 Å². The van der Waals surface area contributed by atoms with E-state index in [1.54, 1.807) is 43.0 Å². The molecule has 1 aromatic heterocycles. The quantitative estimate of drug-likeness (QED) is 0.356. The van der Waals surface area contributed by atoms with Gasteiger partial charge in [0.2, 0.25) is 0 Å². The molecule has 5 rings (SSSR count). The molecule has 0 radical (unpaired) electrons. The molecule has 1 atom stereocenters. The summed E-state index contributed by atoms with van der Waals surface area (Å²) >= 11 is 0. The number of aromatic nitrogens is 3. The van der Waals surface area contributed by atoms with Crippen molar-refractivity contribution in [3.05, 3.63) is 107 Å². The van der Waals surface area contributed by atoms with Crippen LogP contribution in [-0.2, 0) is 4.79 Å². The van der Waals surface area contributed by atoms with Gasteiger partial charge in [-0.15, -0.1) is 5.10 Å². The third-order valence-corrected chi connectivity index (χ3v) is 6.24. The minimum atomic E-state index is -0.594. The van der Waals surface area contributed by atoms with Gasteiger partial charge in [0, 0.05) is 17.1 Å². The average Bonchev–Trinajstić information content (AvgIpc) is 3.33. The van der Waals surface area contributed by atoms with Crippen LogP contribution in [0.1, 0.15) is 34.6 Å². The fourth-order valence-corrected chi connectivity index (χ4v) is 4.32. The third-order valence-electron chi connectivity index (χ3n) is 6.24. The molecular formula is C28H26N6O3. The highest BCUT2D eigenvalue weighted by atomic mass is 16.5. The smallest absolute Gasteiger partial charge is 0.280 e. The first-order valence-corrected chi connectivity index (χ1v) is 11.8. The first kappa shape index (κ1) is 23.8. The monoisotopic (exact) mass is 494 g/mol. The summed E-state index contributed by atoms with van der Waals surface area (Å²) in [6, 6.07) is 23.6. The Balaban J connectivity index is 1.51. The Hall–Kier alpha value is -4.92. The van der Waals surface area contributed by atoms with Gasteiger partial charge in [-0.3, -0.25) is 9.59 Å². The fraction of sp³-hybridized carbons (Fsp3) is 0.143. The first-order valence-electron chi connectivity index (χ1n) is 11.8. The Kier molecular flexibility index (Phi) is 6.42. The highest BCUT2D eigenvalue weighted by Crippen LogP contribution is 2.37. The van der Waals surface area contributed by atoms with Crippen LogP contribution in [0.5, 0.6) is 5.75 Å². The van der Waals surface area contributed by atoms with Gasteiger partial charge in [-0.1, -0.05) is 53.7 Å². The van der Waals surface area contributed by atoms with Crippen LogP contribution >= 0.6 is 0 Å². The molecule has 9 nitrogen and oxygen atoms in total. The molecule has 1 aliphatic rings. The molecule has 0 aliphatic carbocycles. The topological polar surface area (TPSA) is 110 Å². The highest BCUT2D eigenvalue weighted by molar-refractivity contribution is 6.08. The van der Waals surface area contributed by atoms with Crippen molar-refractivity contribution in [1.82, 2.24) is 15.0 Å².